The van der Waals surface area contributed by atoms with E-state index in [0.717, 1.165) is 41.7 Å². The summed E-state index contributed by atoms with van der Waals surface area (Å²) in [5.74, 6) is 0.114. The topological polar surface area (TPSA) is 89.0 Å². The SMILES string of the molecule is Cc1ccc(C2OCCCC2CNC(=O)c2cccc(-c3cnc4[nH]c(=O)n(C)c4c3)c2)cc1. The van der Waals surface area contributed by atoms with Crippen LogP contribution in [0.25, 0.3) is 22.3 Å². The molecule has 0 spiro atoms. The first-order chi connectivity index (χ1) is 16.5. The molecular weight excluding hydrogens is 428 g/mol. The summed E-state index contributed by atoms with van der Waals surface area (Å²) >= 11 is 0. The molecule has 1 saturated heterocycles. The molecule has 2 aromatic carbocycles. The lowest BCUT2D eigenvalue weighted by molar-refractivity contribution is -0.0272. The second kappa shape index (κ2) is 9.27. The van der Waals surface area contributed by atoms with E-state index in [2.05, 4.69) is 46.5 Å². The molecule has 7 nitrogen and oxygen atoms in total. The van der Waals surface area contributed by atoms with Crippen molar-refractivity contribution in [2.75, 3.05) is 13.2 Å². The van der Waals surface area contributed by atoms with Crippen LogP contribution in [-0.2, 0) is 11.8 Å². The number of hydrogen-bond acceptors (Lipinski definition) is 4. The number of nitrogens with zero attached hydrogens (tertiary/aromatic N) is 2. The zero-order chi connectivity index (χ0) is 23.7. The molecular formula is C27H28N4O3. The molecule has 0 aliphatic carbocycles. The third-order valence-corrected chi connectivity index (χ3v) is 6.59. The number of ether oxygens (including phenoxy) is 1. The Bertz CT molecular complexity index is 1390. The highest BCUT2D eigenvalue weighted by atomic mass is 16.5. The van der Waals surface area contributed by atoms with Gasteiger partial charge < -0.3 is 10.1 Å². The van der Waals surface area contributed by atoms with E-state index in [1.165, 1.54) is 10.1 Å². The molecule has 2 N–H and O–H groups in total. The number of carbonyl (C=O) groups excluding carboxylic acids is 1. The first-order valence-electron chi connectivity index (χ1n) is 11.6. The fourth-order valence-electron chi connectivity index (χ4n) is 4.60. The van der Waals surface area contributed by atoms with Crippen LogP contribution < -0.4 is 11.0 Å². The van der Waals surface area contributed by atoms with Gasteiger partial charge in [-0.3, -0.25) is 14.3 Å². The first-order valence-corrected chi connectivity index (χ1v) is 11.6. The third kappa shape index (κ3) is 4.39. The van der Waals surface area contributed by atoms with Gasteiger partial charge in [-0.15, -0.1) is 0 Å². The monoisotopic (exact) mass is 456 g/mol. The van der Waals surface area contributed by atoms with Gasteiger partial charge in [0.1, 0.15) is 0 Å². The Labute approximate surface area is 197 Å². The fourth-order valence-corrected chi connectivity index (χ4v) is 4.60. The van der Waals surface area contributed by atoms with Gasteiger partial charge in [-0.05, 0) is 49.1 Å². The quantitative estimate of drug-likeness (QED) is 0.473. The molecule has 4 aromatic rings. The molecule has 7 heteroatoms. The average Bonchev–Trinajstić information content (AvgIpc) is 3.16. The van der Waals surface area contributed by atoms with Crippen LogP contribution in [0.2, 0.25) is 0 Å². The molecule has 5 rings (SSSR count). The summed E-state index contributed by atoms with van der Waals surface area (Å²) in [6.45, 7) is 3.38. The van der Waals surface area contributed by atoms with E-state index in [-0.39, 0.29) is 23.6 Å². The van der Waals surface area contributed by atoms with Crippen molar-refractivity contribution < 1.29 is 9.53 Å². The Morgan fingerprint density at radius 1 is 1.18 bits per heavy atom. The van der Waals surface area contributed by atoms with Crippen LogP contribution in [0.5, 0.6) is 0 Å². The van der Waals surface area contributed by atoms with E-state index < -0.39 is 0 Å². The zero-order valence-corrected chi connectivity index (χ0v) is 19.4. The van der Waals surface area contributed by atoms with Crippen LogP contribution in [-0.4, -0.2) is 33.6 Å². The largest absolute Gasteiger partial charge is 0.373 e. The van der Waals surface area contributed by atoms with Crippen molar-refractivity contribution in [2.24, 2.45) is 13.0 Å². The van der Waals surface area contributed by atoms with Crippen LogP contribution in [0.3, 0.4) is 0 Å². The summed E-state index contributed by atoms with van der Waals surface area (Å²) in [6.07, 6.45) is 3.71. The Kier molecular flexibility index (Phi) is 6.02. The van der Waals surface area contributed by atoms with E-state index in [1.807, 2.05) is 30.3 Å². The van der Waals surface area contributed by atoms with Crippen molar-refractivity contribution in [3.05, 3.63) is 88.0 Å². The van der Waals surface area contributed by atoms with Crippen molar-refractivity contribution >= 4 is 17.1 Å². The molecule has 0 bridgehead atoms. The predicted molar refractivity (Wildman–Crippen MR) is 132 cm³/mol. The second-order valence-electron chi connectivity index (χ2n) is 8.98. The molecule has 34 heavy (non-hydrogen) atoms. The highest BCUT2D eigenvalue weighted by molar-refractivity contribution is 5.95. The number of amides is 1. The molecule has 2 atom stereocenters. The molecule has 3 heterocycles. The number of imidazole rings is 1. The number of aromatic nitrogens is 3. The summed E-state index contributed by atoms with van der Waals surface area (Å²) in [4.78, 5) is 32.0. The Morgan fingerprint density at radius 2 is 2.00 bits per heavy atom. The van der Waals surface area contributed by atoms with Crippen molar-refractivity contribution in [2.45, 2.75) is 25.9 Å². The van der Waals surface area contributed by atoms with Gasteiger partial charge in [-0.25, -0.2) is 9.78 Å². The highest BCUT2D eigenvalue weighted by Crippen LogP contribution is 2.33. The normalized spacial score (nSPS) is 18.2. The van der Waals surface area contributed by atoms with E-state index >= 15 is 0 Å². The molecule has 1 amide bonds. The summed E-state index contributed by atoms with van der Waals surface area (Å²) in [7, 11) is 1.70. The van der Waals surface area contributed by atoms with Crippen molar-refractivity contribution in [1.82, 2.24) is 19.9 Å². The van der Waals surface area contributed by atoms with Gasteiger partial charge in [0.2, 0.25) is 0 Å². The van der Waals surface area contributed by atoms with Gasteiger partial charge in [0.15, 0.2) is 5.65 Å². The molecule has 2 aromatic heterocycles. The maximum Gasteiger partial charge on any atom is 0.327 e. The zero-order valence-electron chi connectivity index (χ0n) is 19.4. The molecule has 2 unspecified atom stereocenters. The number of hydrogen-bond donors (Lipinski definition) is 2. The Balaban J connectivity index is 1.31. The lowest BCUT2D eigenvalue weighted by atomic mass is 9.89. The number of H-pyrrole nitrogens is 1. The summed E-state index contributed by atoms with van der Waals surface area (Å²) in [6, 6.07) is 17.8. The van der Waals surface area contributed by atoms with Crippen LogP contribution >= 0.6 is 0 Å². The fraction of sp³-hybridized carbons (Fsp3) is 0.296. The Hall–Kier alpha value is -3.71. The highest BCUT2D eigenvalue weighted by Gasteiger charge is 2.28. The second-order valence-corrected chi connectivity index (χ2v) is 8.98. The lowest BCUT2D eigenvalue weighted by Gasteiger charge is -2.32. The molecule has 1 fully saturated rings. The van der Waals surface area contributed by atoms with Gasteiger partial charge in [-0.2, -0.15) is 0 Å². The third-order valence-electron chi connectivity index (χ3n) is 6.59. The maximum atomic E-state index is 13.0. The number of fused-ring (bicyclic) bond motifs is 1. The van der Waals surface area contributed by atoms with Crippen molar-refractivity contribution in [3.8, 4) is 11.1 Å². The van der Waals surface area contributed by atoms with Gasteiger partial charge in [-0.1, -0.05) is 42.0 Å². The number of pyridine rings is 1. The van der Waals surface area contributed by atoms with Gasteiger partial charge in [0.05, 0.1) is 11.6 Å². The Morgan fingerprint density at radius 3 is 2.82 bits per heavy atom. The van der Waals surface area contributed by atoms with Gasteiger partial charge in [0.25, 0.3) is 5.91 Å². The van der Waals surface area contributed by atoms with Crippen LogP contribution in [0.1, 0.15) is 40.4 Å². The van der Waals surface area contributed by atoms with E-state index in [1.54, 1.807) is 13.2 Å². The maximum absolute atomic E-state index is 13.0. The predicted octanol–water partition coefficient (Wildman–Crippen LogP) is 4.13. The lowest BCUT2D eigenvalue weighted by Crippen LogP contribution is -2.35. The standard InChI is InChI=1S/C27H28N4O3/c1-17-8-10-18(11-9-17)24-21(7-4-12-34-24)15-29-26(32)20-6-3-5-19(13-20)22-14-23-25(28-16-22)30-27(33)31(23)2/h3,5-6,8-11,13-14,16,21,24H,4,7,12,15H2,1-2H3,(H,29,32)(H,28,30,33). The van der Waals surface area contributed by atoms with Gasteiger partial charge in [0, 0.05) is 43.4 Å². The summed E-state index contributed by atoms with van der Waals surface area (Å²) < 4.78 is 7.62. The average molecular weight is 457 g/mol. The van der Waals surface area contributed by atoms with E-state index in [4.69, 9.17) is 4.74 Å². The number of carbonyl (C=O) groups is 1. The summed E-state index contributed by atoms with van der Waals surface area (Å²) in [5, 5.41) is 3.12. The number of nitrogens with one attached hydrogen (secondary N) is 2. The van der Waals surface area contributed by atoms with E-state index in [0.29, 0.717) is 17.8 Å². The number of benzene rings is 2. The number of rotatable bonds is 5. The van der Waals surface area contributed by atoms with Crippen molar-refractivity contribution in [3.63, 3.8) is 0 Å². The van der Waals surface area contributed by atoms with Crippen LogP contribution in [0.4, 0.5) is 0 Å². The number of aryl methyl sites for hydroxylation is 2. The first kappa shape index (κ1) is 22.1. The smallest absolute Gasteiger partial charge is 0.327 e. The molecule has 0 radical (unpaired) electrons. The molecule has 1 aliphatic rings. The molecule has 1 aliphatic heterocycles. The van der Waals surface area contributed by atoms with E-state index in [9.17, 15) is 9.59 Å². The summed E-state index contributed by atoms with van der Waals surface area (Å²) in [5.41, 5.74) is 5.74. The minimum absolute atomic E-state index is 0.00761. The molecule has 174 valence electrons. The number of aromatic amines is 1. The van der Waals surface area contributed by atoms with Crippen molar-refractivity contribution in [1.29, 1.82) is 0 Å². The van der Waals surface area contributed by atoms with Crippen LogP contribution in [0.15, 0.2) is 65.6 Å². The van der Waals surface area contributed by atoms with Gasteiger partial charge >= 0.3 is 5.69 Å². The minimum atomic E-state index is -0.205. The molecule has 0 saturated carbocycles. The minimum Gasteiger partial charge on any atom is -0.373 e. The van der Waals surface area contributed by atoms with Crippen LogP contribution in [0, 0.1) is 12.8 Å².